The minimum atomic E-state index is -0.438. The largest absolute Gasteiger partial charge is 0.490 e. The molecule has 4 rings (SSSR count). The molecule has 1 aromatic heterocycles. The lowest BCUT2D eigenvalue weighted by atomic mass is 10.1. The molecular weight excluding hydrogens is 518 g/mol. The molecule has 3 N–H and O–H groups in total. The number of hydrogen-bond donors (Lipinski definition) is 3. The second-order valence-electron chi connectivity index (χ2n) is 8.19. The predicted octanol–water partition coefficient (Wildman–Crippen LogP) is 6.01. The summed E-state index contributed by atoms with van der Waals surface area (Å²) < 4.78 is 22.7. The molecule has 0 bridgehead atoms. The van der Waals surface area contributed by atoms with Crippen LogP contribution in [0.15, 0.2) is 71.1 Å². The molecule has 0 aliphatic heterocycles. The number of thiocarbonyl (C=S) groups is 1. The second-order valence-corrected chi connectivity index (χ2v) is 8.60. The molecule has 3 aromatic carbocycles. The van der Waals surface area contributed by atoms with Gasteiger partial charge in [-0.25, -0.2) is 0 Å². The molecule has 0 unspecified atom stereocenters. The van der Waals surface area contributed by atoms with Crippen LogP contribution in [0.1, 0.15) is 41.7 Å². The maximum atomic E-state index is 13.0. The first-order valence-corrected chi connectivity index (χ1v) is 12.9. The van der Waals surface area contributed by atoms with Crippen molar-refractivity contribution in [3.63, 3.8) is 0 Å². The highest BCUT2D eigenvalue weighted by atomic mass is 32.1. The number of furan rings is 1. The van der Waals surface area contributed by atoms with Crippen molar-refractivity contribution in [1.29, 1.82) is 0 Å². The van der Waals surface area contributed by atoms with Crippen LogP contribution < -0.4 is 30.2 Å². The fourth-order valence-electron chi connectivity index (χ4n) is 3.78. The second kappa shape index (κ2) is 12.8. The number of nitrogens with one attached hydrogen (secondary N) is 3. The smallest absolute Gasteiger partial charge is 0.291 e. The number of carbonyl (C=O) groups excluding carboxylic acids is 2. The van der Waals surface area contributed by atoms with E-state index in [4.69, 9.17) is 30.8 Å². The molecule has 0 aliphatic carbocycles. The zero-order chi connectivity index (χ0) is 27.8. The summed E-state index contributed by atoms with van der Waals surface area (Å²) in [4.78, 5) is 25.5. The average molecular weight is 548 g/mol. The quantitative estimate of drug-likeness (QED) is 0.207. The van der Waals surface area contributed by atoms with Gasteiger partial charge in [0.1, 0.15) is 5.58 Å². The van der Waals surface area contributed by atoms with E-state index in [1.54, 1.807) is 48.5 Å². The summed E-state index contributed by atoms with van der Waals surface area (Å²) in [7, 11) is 0. The van der Waals surface area contributed by atoms with Crippen molar-refractivity contribution in [3.8, 4) is 17.2 Å². The fourth-order valence-corrected chi connectivity index (χ4v) is 3.99. The van der Waals surface area contributed by atoms with E-state index in [9.17, 15) is 9.59 Å². The number of anilines is 2. The normalized spacial score (nSPS) is 10.5. The standard InChI is InChI=1S/C29H29N3O6S/c1-4-35-23-16-19(17-24(36-5-2)26(23)37-6-3)27(33)32-29(39)31-21-13-11-20(12-14-21)30-28(34)25-15-18-9-7-8-10-22(18)38-25/h7-17H,4-6H2,1-3H3,(H,30,34)(H2,31,32,33,39). The van der Waals surface area contributed by atoms with E-state index in [1.807, 2.05) is 39.0 Å². The van der Waals surface area contributed by atoms with Crippen LogP contribution >= 0.6 is 12.2 Å². The van der Waals surface area contributed by atoms with Gasteiger partial charge in [0.05, 0.1) is 19.8 Å². The van der Waals surface area contributed by atoms with E-state index in [0.717, 1.165) is 5.39 Å². The Morgan fingerprint density at radius 1 is 0.769 bits per heavy atom. The number of benzene rings is 3. The van der Waals surface area contributed by atoms with Gasteiger partial charge < -0.3 is 29.3 Å². The number of carbonyl (C=O) groups is 2. The van der Waals surface area contributed by atoms with E-state index in [0.29, 0.717) is 59.6 Å². The molecule has 0 radical (unpaired) electrons. The molecule has 0 saturated heterocycles. The van der Waals surface area contributed by atoms with Crippen molar-refractivity contribution >= 4 is 51.5 Å². The van der Waals surface area contributed by atoms with Crippen LogP contribution in [0, 0.1) is 0 Å². The van der Waals surface area contributed by atoms with E-state index in [2.05, 4.69) is 16.0 Å². The SMILES string of the molecule is CCOc1cc(C(=O)NC(=S)Nc2ccc(NC(=O)c3cc4ccccc4o3)cc2)cc(OCC)c1OCC. The molecule has 0 atom stereocenters. The summed E-state index contributed by atoms with van der Waals surface area (Å²) in [5.41, 5.74) is 2.14. The molecule has 0 saturated carbocycles. The van der Waals surface area contributed by atoms with E-state index >= 15 is 0 Å². The molecule has 39 heavy (non-hydrogen) atoms. The molecule has 0 aliphatic rings. The van der Waals surface area contributed by atoms with Crippen molar-refractivity contribution in [2.75, 3.05) is 30.5 Å². The fraction of sp³-hybridized carbons (Fsp3) is 0.207. The minimum Gasteiger partial charge on any atom is -0.490 e. The van der Waals surface area contributed by atoms with Gasteiger partial charge in [-0.2, -0.15) is 0 Å². The van der Waals surface area contributed by atoms with Gasteiger partial charge in [-0.3, -0.25) is 14.9 Å². The van der Waals surface area contributed by atoms with Crippen LogP contribution in [0.2, 0.25) is 0 Å². The first-order valence-electron chi connectivity index (χ1n) is 12.5. The number of hydrogen-bond acceptors (Lipinski definition) is 7. The average Bonchev–Trinajstić information content (AvgIpc) is 3.36. The van der Waals surface area contributed by atoms with E-state index in [1.165, 1.54) is 0 Å². The van der Waals surface area contributed by atoms with Crippen LogP contribution in [0.5, 0.6) is 17.2 Å². The van der Waals surface area contributed by atoms with Crippen molar-refractivity contribution in [2.45, 2.75) is 20.8 Å². The molecule has 10 heteroatoms. The van der Waals surface area contributed by atoms with E-state index < -0.39 is 5.91 Å². The third-order valence-corrected chi connectivity index (χ3v) is 5.65. The number of para-hydroxylation sites is 1. The minimum absolute atomic E-state index is 0.101. The number of fused-ring (bicyclic) bond motifs is 1. The Balaban J connectivity index is 1.38. The summed E-state index contributed by atoms with van der Waals surface area (Å²) in [6, 6.07) is 19.2. The molecular formula is C29H29N3O6S. The Labute approximate surface area is 231 Å². The van der Waals surface area contributed by atoms with Gasteiger partial charge in [-0.15, -0.1) is 0 Å². The number of ether oxygens (including phenoxy) is 3. The summed E-state index contributed by atoms with van der Waals surface area (Å²) in [6.07, 6.45) is 0. The maximum Gasteiger partial charge on any atom is 0.291 e. The van der Waals surface area contributed by atoms with Gasteiger partial charge in [-0.05, 0) is 81.5 Å². The van der Waals surface area contributed by atoms with Crippen LogP contribution in [-0.2, 0) is 0 Å². The lowest BCUT2D eigenvalue weighted by Crippen LogP contribution is -2.34. The summed E-state index contributed by atoms with van der Waals surface area (Å²) in [5.74, 6) is 0.696. The summed E-state index contributed by atoms with van der Waals surface area (Å²) in [5, 5.41) is 9.38. The molecule has 1 heterocycles. The van der Waals surface area contributed by atoms with Crippen LogP contribution in [0.3, 0.4) is 0 Å². The van der Waals surface area contributed by atoms with Gasteiger partial charge in [0.25, 0.3) is 11.8 Å². The molecule has 0 fully saturated rings. The highest BCUT2D eigenvalue weighted by molar-refractivity contribution is 7.80. The van der Waals surface area contributed by atoms with Gasteiger partial charge in [0, 0.05) is 22.3 Å². The highest BCUT2D eigenvalue weighted by Crippen LogP contribution is 2.39. The summed E-state index contributed by atoms with van der Waals surface area (Å²) in [6.45, 7) is 6.76. The predicted molar refractivity (Wildman–Crippen MR) is 154 cm³/mol. The topological polar surface area (TPSA) is 111 Å². The van der Waals surface area contributed by atoms with Gasteiger partial charge >= 0.3 is 0 Å². The Hall–Kier alpha value is -4.57. The van der Waals surface area contributed by atoms with Crippen LogP contribution in [0.25, 0.3) is 11.0 Å². The van der Waals surface area contributed by atoms with E-state index in [-0.39, 0.29) is 16.8 Å². The Morgan fingerprint density at radius 2 is 1.36 bits per heavy atom. The first kappa shape index (κ1) is 27.5. The van der Waals surface area contributed by atoms with Gasteiger partial charge in [0.2, 0.25) is 5.75 Å². The highest BCUT2D eigenvalue weighted by Gasteiger charge is 2.19. The van der Waals surface area contributed by atoms with Crippen molar-refractivity contribution in [1.82, 2.24) is 5.32 Å². The molecule has 0 spiro atoms. The molecule has 2 amide bonds. The van der Waals surface area contributed by atoms with Gasteiger partial charge in [-0.1, -0.05) is 18.2 Å². The van der Waals surface area contributed by atoms with Gasteiger partial charge in [0.15, 0.2) is 22.4 Å². The zero-order valence-corrected chi connectivity index (χ0v) is 22.6. The maximum absolute atomic E-state index is 13.0. The Morgan fingerprint density at radius 3 is 1.95 bits per heavy atom. The lowest BCUT2D eigenvalue weighted by Gasteiger charge is -2.17. The molecule has 4 aromatic rings. The number of amides is 2. The number of rotatable bonds is 10. The van der Waals surface area contributed by atoms with Crippen LogP contribution in [-0.4, -0.2) is 36.7 Å². The zero-order valence-electron chi connectivity index (χ0n) is 21.8. The third-order valence-electron chi connectivity index (χ3n) is 5.45. The lowest BCUT2D eigenvalue weighted by molar-refractivity contribution is 0.0974. The Bertz CT molecular complexity index is 1420. The molecule has 202 valence electrons. The van der Waals surface area contributed by atoms with Crippen molar-refractivity contribution in [2.24, 2.45) is 0 Å². The molecule has 9 nitrogen and oxygen atoms in total. The Kier molecular flexibility index (Phi) is 9.01. The monoisotopic (exact) mass is 547 g/mol. The first-order chi connectivity index (χ1) is 18.9. The van der Waals surface area contributed by atoms with Crippen molar-refractivity contribution < 1.29 is 28.2 Å². The van der Waals surface area contributed by atoms with Crippen molar-refractivity contribution in [3.05, 3.63) is 78.1 Å². The third kappa shape index (κ3) is 6.85. The summed E-state index contributed by atoms with van der Waals surface area (Å²) >= 11 is 5.33. The van der Waals surface area contributed by atoms with Crippen LogP contribution in [0.4, 0.5) is 11.4 Å².